The summed E-state index contributed by atoms with van der Waals surface area (Å²) in [6, 6.07) is 10.2. The summed E-state index contributed by atoms with van der Waals surface area (Å²) in [5.41, 5.74) is 8.33. The monoisotopic (exact) mass is 242 g/mol. The number of hydrogen-bond donors (Lipinski definition) is 1. The van der Waals surface area contributed by atoms with E-state index in [-0.39, 0.29) is 11.6 Å². The van der Waals surface area contributed by atoms with Crippen molar-refractivity contribution in [2.24, 2.45) is 5.73 Å². The lowest BCUT2D eigenvalue weighted by Gasteiger charge is -2.45. The fourth-order valence-corrected chi connectivity index (χ4v) is 2.75. The molecule has 1 atom stereocenters. The average Bonchev–Trinajstić information content (AvgIpc) is 2.37. The van der Waals surface area contributed by atoms with Gasteiger partial charge >= 0.3 is 0 Å². The summed E-state index contributed by atoms with van der Waals surface area (Å²) >= 11 is 0. The molecule has 1 aromatic heterocycles. The minimum atomic E-state index is -0.164. The maximum absolute atomic E-state index is 6.38. The van der Waals surface area contributed by atoms with Gasteiger partial charge in [0.15, 0.2) is 0 Å². The van der Waals surface area contributed by atoms with Crippen LogP contribution in [0.5, 0.6) is 0 Å². The highest BCUT2D eigenvalue weighted by molar-refractivity contribution is 5.79. The number of nitrogens with zero attached hydrogens (tertiary/aromatic N) is 1. The van der Waals surface area contributed by atoms with Crippen molar-refractivity contribution in [1.29, 1.82) is 0 Å². The van der Waals surface area contributed by atoms with Gasteiger partial charge in [0.25, 0.3) is 0 Å². The fraction of sp³-hybridized carbons (Fsp3) is 0.400. The zero-order valence-corrected chi connectivity index (χ0v) is 10.6. The number of methoxy groups -OCH3 is 1. The van der Waals surface area contributed by atoms with E-state index in [1.165, 1.54) is 6.42 Å². The minimum absolute atomic E-state index is 0.0670. The number of aromatic nitrogens is 1. The summed E-state index contributed by atoms with van der Waals surface area (Å²) < 4.78 is 5.66. The first kappa shape index (κ1) is 11.6. The van der Waals surface area contributed by atoms with Crippen molar-refractivity contribution < 1.29 is 4.74 Å². The standard InChI is InChI=1S/C15H18N2O/c1-18-15(7-3-8-15)14(16)12-6-5-11-4-2-9-17-13(11)10-12/h2,4-6,9-10,14H,3,7-8,16H2,1H3. The van der Waals surface area contributed by atoms with Gasteiger partial charge in [-0.05, 0) is 37.0 Å². The van der Waals surface area contributed by atoms with Crippen molar-refractivity contribution in [3.05, 3.63) is 42.1 Å². The van der Waals surface area contributed by atoms with Gasteiger partial charge in [0, 0.05) is 18.7 Å². The summed E-state index contributed by atoms with van der Waals surface area (Å²) in [6.45, 7) is 0. The van der Waals surface area contributed by atoms with Gasteiger partial charge in [-0.15, -0.1) is 0 Å². The Kier molecular flexibility index (Phi) is 2.80. The Morgan fingerprint density at radius 1 is 1.33 bits per heavy atom. The SMILES string of the molecule is COC1(C(N)c2ccc3cccnc3c2)CCC1. The van der Waals surface area contributed by atoms with Gasteiger partial charge in [0.2, 0.25) is 0 Å². The molecule has 3 nitrogen and oxygen atoms in total. The molecule has 94 valence electrons. The summed E-state index contributed by atoms with van der Waals surface area (Å²) in [4.78, 5) is 4.38. The van der Waals surface area contributed by atoms with Gasteiger partial charge < -0.3 is 10.5 Å². The lowest BCUT2D eigenvalue weighted by molar-refractivity contribution is -0.0911. The van der Waals surface area contributed by atoms with Crippen molar-refractivity contribution in [3.63, 3.8) is 0 Å². The van der Waals surface area contributed by atoms with Crippen molar-refractivity contribution in [2.75, 3.05) is 7.11 Å². The molecule has 1 unspecified atom stereocenters. The van der Waals surface area contributed by atoms with Gasteiger partial charge in [-0.25, -0.2) is 0 Å². The highest BCUT2D eigenvalue weighted by Gasteiger charge is 2.43. The largest absolute Gasteiger partial charge is 0.376 e. The molecule has 0 radical (unpaired) electrons. The number of benzene rings is 1. The highest BCUT2D eigenvalue weighted by Crippen LogP contribution is 2.43. The molecule has 1 fully saturated rings. The number of rotatable bonds is 3. The zero-order chi connectivity index (χ0) is 12.6. The molecular formula is C15H18N2O. The molecule has 0 spiro atoms. The molecule has 1 aliphatic carbocycles. The van der Waals surface area contributed by atoms with E-state index in [0.29, 0.717) is 0 Å². The Bertz CT molecular complexity index is 558. The molecule has 3 heteroatoms. The van der Waals surface area contributed by atoms with Crippen LogP contribution in [0.1, 0.15) is 30.9 Å². The van der Waals surface area contributed by atoms with E-state index in [0.717, 1.165) is 29.3 Å². The van der Waals surface area contributed by atoms with E-state index in [2.05, 4.69) is 29.2 Å². The molecule has 2 aromatic rings. The number of hydrogen-bond acceptors (Lipinski definition) is 3. The normalized spacial score (nSPS) is 19.4. The molecular weight excluding hydrogens is 224 g/mol. The first-order chi connectivity index (χ1) is 8.75. The van der Waals surface area contributed by atoms with Crippen molar-refractivity contribution in [1.82, 2.24) is 4.98 Å². The Morgan fingerprint density at radius 2 is 2.17 bits per heavy atom. The van der Waals surface area contributed by atoms with Crippen LogP contribution in [-0.4, -0.2) is 17.7 Å². The second-order valence-corrected chi connectivity index (χ2v) is 5.06. The summed E-state index contributed by atoms with van der Waals surface area (Å²) in [6.07, 6.45) is 5.11. The second-order valence-electron chi connectivity index (χ2n) is 5.06. The molecule has 1 saturated carbocycles. The highest BCUT2D eigenvalue weighted by atomic mass is 16.5. The lowest BCUT2D eigenvalue weighted by atomic mass is 9.72. The van der Waals surface area contributed by atoms with Crippen molar-refractivity contribution >= 4 is 10.9 Å². The maximum atomic E-state index is 6.38. The summed E-state index contributed by atoms with van der Waals surface area (Å²) in [7, 11) is 1.76. The predicted molar refractivity (Wildman–Crippen MR) is 72.3 cm³/mol. The first-order valence-electron chi connectivity index (χ1n) is 6.41. The van der Waals surface area contributed by atoms with E-state index in [9.17, 15) is 0 Å². The van der Waals surface area contributed by atoms with Crippen LogP contribution in [0.25, 0.3) is 10.9 Å². The Morgan fingerprint density at radius 3 is 2.83 bits per heavy atom. The molecule has 1 aromatic carbocycles. The van der Waals surface area contributed by atoms with E-state index < -0.39 is 0 Å². The van der Waals surface area contributed by atoms with Crippen molar-refractivity contribution in [2.45, 2.75) is 30.9 Å². The number of nitrogens with two attached hydrogens (primary N) is 1. The van der Waals surface area contributed by atoms with Gasteiger partial charge in [-0.2, -0.15) is 0 Å². The van der Waals surface area contributed by atoms with Crippen molar-refractivity contribution in [3.8, 4) is 0 Å². The van der Waals surface area contributed by atoms with Crippen LogP contribution in [0.3, 0.4) is 0 Å². The lowest BCUT2D eigenvalue weighted by Crippen LogP contribution is -2.48. The molecule has 0 saturated heterocycles. The first-order valence-corrected chi connectivity index (χ1v) is 6.41. The van der Waals surface area contributed by atoms with Gasteiger partial charge in [0.1, 0.15) is 0 Å². The smallest absolute Gasteiger partial charge is 0.0870 e. The molecule has 2 N–H and O–H groups in total. The van der Waals surface area contributed by atoms with Crippen LogP contribution in [0.4, 0.5) is 0 Å². The van der Waals surface area contributed by atoms with Crippen LogP contribution in [0.2, 0.25) is 0 Å². The molecule has 1 aliphatic rings. The van der Waals surface area contributed by atoms with Crippen LogP contribution in [-0.2, 0) is 4.74 Å². The summed E-state index contributed by atoms with van der Waals surface area (Å²) in [5.74, 6) is 0. The van der Waals surface area contributed by atoms with E-state index in [1.807, 2.05) is 12.3 Å². The number of fused-ring (bicyclic) bond motifs is 1. The third-order valence-corrected chi connectivity index (χ3v) is 4.16. The van der Waals surface area contributed by atoms with Gasteiger partial charge in [0.05, 0.1) is 17.2 Å². The fourth-order valence-electron chi connectivity index (χ4n) is 2.75. The molecule has 3 rings (SSSR count). The van der Waals surface area contributed by atoms with Gasteiger partial charge in [-0.3, -0.25) is 4.98 Å². The van der Waals surface area contributed by atoms with Gasteiger partial charge in [-0.1, -0.05) is 18.2 Å². The van der Waals surface area contributed by atoms with Crippen LogP contribution >= 0.6 is 0 Å². The molecule has 0 bridgehead atoms. The molecule has 18 heavy (non-hydrogen) atoms. The van der Waals surface area contributed by atoms with Crippen LogP contribution in [0, 0.1) is 0 Å². The number of ether oxygens (including phenoxy) is 1. The van der Waals surface area contributed by atoms with E-state index in [4.69, 9.17) is 10.5 Å². The Hall–Kier alpha value is -1.45. The maximum Gasteiger partial charge on any atom is 0.0870 e. The van der Waals surface area contributed by atoms with E-state index in [1.54, 1.807) is 7.11 Å². The molecule has 0 aliphatic heterocycles. The predicted octanol–water partition coefficient (Wildman–Crippen LogP) is 2.80. The molecule has 0 amide bonds. The number of pyridine rings is 1. The minimum Gasteiger partial charge on any atom is -0.376 e. The second kappa shape index (κ2) is 4.34. The average molecular weight is 242 g/mol. The molecule has 1 heterocycles. The topological polar surface area (TPSA) is 48.1 Å². The van der Waals surface area contributed by atoms with Crippen LogP contribution < -0.4 is 5.73 Å². The third-order valence-electron chi connectivity index (χ3n) is 4.16. The Balaban J connectivity index is 1.98. The third kappa shape index (κ3) is 1.71. The Labute approximate surface area is 107 Å². The van der Waals surface area contributed by atoms with Crippen LogP contribution in [0.15, 0.2) is 36.5 Å². The van der Waals surface area contributed by atoms with E-state index >= 15 is 0 Å². The quantitative estimate of drug-likeness (QED) is 0.900. The summed E-state index contributed by atoms with van der Waals surface area (Å²) in [5, 5.41) is 1.15. The zero-order valence-electron chi connectivity index (χ0n) is 10.6.